The first-order valence-corrected chi connectivity index (χ1v) is 7.92. The van der Waals surface area contributed by atoms with Crippen molar-refractivity contribution in [2.75, 3.05) is 4.90 Å². The minimum absolute atomic E-state index is 0.246. The van der Waals surface area contributed by atoms with Crippen LogP contribution in [0, 0.1) is 0 Å². The van der Waals surface area contributed by atoms with Gasteiger partial charge in [-0.1, -0.05) is 49.1 Å². The van der Waals surface area contributed by atoms with Gasteiger partial charge in [-0.15, -0.1) is 4.40 Å². The minimum atomic E-state index is -3.56. The Labute approximate surface area is 124 Å². The Morgan fingerprint density at radius 1 is 1.10 bits per heavy atom. The smallest absolute Gasteiger partial charge is 0.285 e. The van der Waals surface area contributed by atoms with E-state index in [1.165, 1.54) is 6.34 Å². The van der Waals surface area contributed by atoms with Crippen molar-refractivity contribution < 1.29 is 8.42 Å². The maximum absolute atomic E-state index is 11.9. The van der Waals surface area contributed by atoms with Crippen molar-refractivity contribution in [3.05, 3.63) is 66.2 Å². The van der Waals surface area contributed by atoms with Crippen LogP contribution in [-0.4, -0.2) is 14.8 Å². The Bertz CT molecular complexity index is 808. The zero-order valence-corrected chi connectivity index (χ0v) is 12.1. The third-order valence-electron chi connectivity index (χ3n) is 3.35. The van der Waals surface area contributed by atoms with Crippen molar-refractivity contribution in [2.24, 2.45) is 4.40 Å². The van der Waals surface area contributed by atoms with E-state index in [9.17, 15) is 8.42 Å². The molecule has 0 aromatic heterocycles. The standard InChI is InChI=1S/C16H14N2O2S/c1-2-13-7-9-14(10-8-13)11-18-12-17-21(19,20)16-6-4-3-5-15(16)18/h2-10,12H,1,11H2. The van der Waals surface area contributed by atoms with Crippen molar-refractivity contribution >= 4 is 28.1 Å². The SMILES string of the molecule is C=Cc1ccc(CN2C=NS(=O)(=O)c3ccccc32)cc1. The maximum Gasteiger partial charge on any atom is 0.285 e. The summed E-state index contributed by atoms with van der Waals surface area (Å²) >= 11 is 0. The predicted octanol–water partition coefficient (Wildman–Crippen LogP) is 3.07. The molecular weight excluding hydrogens is 284 g/mol. The van der Waals surface area contributed by atoms with Gasteiger partial charge >= 0.3 is 0 Å². The molecule has 0 fully saturated rings. The Hall–Kier alpha value is -2.40. The second-order valence-corrected chi connectivity index (χ2v) is 6.34. The molecule has 0 radical (unpaired) electrons. The average molecular weight is 298 g/mol. The molecule has 0 spiro atoms. The van der Waals surface area contributed by atoms with Crippen LogP contribution >= 0.6 is 0 Å². The molecule has 21 heavy (non-hydrogen) atoms. The van der Waals surface area contributed by atoms with E-state index < -0.39 is 10.0 Å². The molecule has 0 saturated heterocycles. The molecule has 0 amide bonds. The molecule has 0 atom stereocenters. The third kappa shape index (κ3) is 2.60. The fraction of sp³-hybridized carbons (Fsp3) is 0.0625. The summed E-state index contributed by atoms with van der Waals surface area (Å²) in [5.41, 5.74) is 2.77. The molecule has 1 heterocycles. The molecule has 4 nitrogen and oxygen atoms in total. The van der Waals surface area contributed by atoms with Crippen LogP contribution in [0.4, 0.5) is 5.69 Å². The number of sulfonamides is 1. The van der Waals surface area contributed by atoms with E-state index in [2.05, 4.69) is 11.0 Å². The molecule has 2 aromatic rings. The molecule has 1 aliphatic heterocycles. The number of benzene rings is 2. The van der Waals surface area contributed by atoms with Crippen molar-refractivity contribution in [1.82, 2.24) is 0 Å². The van der Waals surface area contributed by atoms with E-state index in [0.29, 0.717) is 12.2 Å². The van der Waals surface area contributed by atoms with E-state index in [1.807, 2.05) is 35.2 Å². The summed E-state index contributed by atoms with van der Waals surface area (Å²) in [5, 5.41) is 0. The Morgan fingerprint density at radius 3 is 2.52 bits per heavy atom. The van der Waals surface area contributed by atoms with Gasteiger partial charge in [0.2, 0.25) is 0 Å². The minimum Gasteiger partial charge on any atom is -0.326 e. The van der Waals surface area contributed by atoms with Gasteiger partial charge in [-0.25, -0.2) is 0 Å². The van der Waals surface area contributed by atoms with E-state index in [4.69, 9.17) is 0 Å². The summed E-state index contributed by atoms with van der Waals surface area (Å²) in [4.78, 5) is 2.08. The highest BCUT2D eigenvalue weighted by atomic mass is 32.2. The number of hydrogen-bond donors (Lipinski definition) is 0. The lowest BCUT2D eigenvalue weighted by molar-refractivity contribution is 0.597. The van der Waals surface area contributed by atoms with Crippen LogP contribution in [-0.2, 0) is 16.6 Å². The lowest BCUT2D eigenvalue weighted by atomic mass is 10.1. The Kier molecular flexibility index (Phi) is 3.35. The normalized spacial score (nSPS) is 15.5. The van der Waals surface area contributed by atoms with E-state index >= 15 is 0 Å². The largest absolute Gasteiger partial charge is 0.326 e. The molecule has 0 saturated carbocycles. The van der Waals surface area contributed by atoms with Crippen LogP contribution in [0.3, 0.4) is 0 Å². The van der Waals surface area contributed by atoms with Crippen LogP contribution in [0.2, 0.25) is 0 Å². The van der Waals surface area contributed by atoms with Gasteiger partial charge in [0.1, 0.15) is 11.2 Å². The lowest BCUT2D eigenvalue weighted by Gasteiger charge is -2.25. The molecular formula is C16H14N2O2S. The molecule has 0 bridgehead atoms. The van der Waals surface area contributed by atoms with Gasteiger partial charge in [-0.2, -0.15) is 8.42 Å². The van der Waals surface area contributed by atoms with Crippen molar-refractivity contribution in [1.29, 1.82) is 0 Å². The first-order valence-electron chi connectivity index (χ1n) is 6.48. The fourth-order valence-corrected chi connectivity index (χ4v) is 3.28. The number of hydrogen-bond acceptors (Lipinski definition) is 3. The Morgan fingerprint density at radius 2 is 1.81 bits per heavy atom. The van der Waals surface area contributed by atoms with Gasteiger partial charge in [0.25, 0.3) is 10.0 Å². The first kappa shape index (κ1) is 13.6. The Balaban J connectivity index is 1.94. The predicted molar refractivity (Wildman–Crippen MR) is 84.8 cm³/mol. The van der Waals surface area contributed by atoms with Gasteiger partial charge in [0, 0.05) is 6.54 Å². The zero-order valence-electron chi connectivity index (χ0n) is 11.3. The van der Waals surface area contributed by atoms with Crippen LogP contribution in [0.25, 0.3) is 6.08 Å². The quantitative estimate of drug-likeness (QED) is 0.875. The van der Waals surface area contributed by atoms with Crippen molar-refractivity contribution in [2.45, 2.75) is 11.4 Å². The monoisotopic (exact) mass is 298 g/mol. The molecule has 106 valence electrons. The number of nitrogens with zero attached hydrogens (tertiary/aromatic N) is 2. The second-order valence-electron chi connectivity index (χ2n) is 4.74. The molecule has 0 aliphatic carbocycles. The molecule has 2 aromatic carbocycles. The highest BCUT2D eigenvalue weighted by molar-refractivity contribution is 7.90. The molecule has 3 rings (SSSR count). The molecule has 0 N–H and O–H groups in total. The number of anilines is 1. The first-order chi connectivity index (χ1) is 10.1. The van der Waals surface area contributed by atoms with Gasteiger partial charge < -0.3 is 4.90 Å². The summed E-state index contributed by atoms with van der Waals surface area (Å²) in [5.74, 6) is 0. The summed E-state index contributed by atoms with van der Waals surface area (Å²) in [7, 11) is -3.56. The molecule has 1 aliphatic rings. The van der Waals surface area contributed by atoms with Crippen LogP contribution in [0.5, 0.6) is 0 Å². The van der Waals surface area contributed by atoms with Crippen molar-refractivity contribution in [3.63, 3.8) is 0 Å². The highest BCUT2D eigenvalue weighted by Crippen LogP contribution is 2.30. The maximum atomic E-state index is 11.9. The summed E-state index contributed by atoms with van der Waals surface area (Å²) in [6.07, 6.45) is 3.16. The number of para-hydroxylation sites is 1. The zero-order chi connectivity index (χ0) is 14.9. The van der Waals surface area contributed by atoms with E-state index in [0.717, 1.165) is 11.1 Å². The molecule has 5 heteroatoms. The van der Waals surface area contributed by atoms with Gasteiger partial charge in [0.05, 0.1) is 5.69 Å². The second kappa shape index (κ2) is 5.18. The van der Waals surface area contributed by atoms with Crippen molar-refractivity contribution in [3.8, 4) is 0 Å². The van der Waals surface area contributed by atoms with Crippen LogP contribution in [0.15, 0.2) is 64.4 Å². The van der Waals surface area contributed by atoms with Crippen LogP contribution < -0.4 is 4.90 Å². The van der Waals surface area contributed by atoms with Gasteiger partial charge in [-0.3, -0.25) is 0 Å². The summed E-state index contributed by atoms with van der Waals surface area (Å²) in [6.45, 7) is 4.29. The van der Waals surface area contributed by atoms with Gasteiger partial charge in [0.15, 0.2) is 0 Å². The number of rotatable bonds is 3. The lowest BCUT2D eigenvalue weighted by Crippen LogP contribution is -2.26. The third-order valence-corrected chi connectivity index (χ3v) is 4.62. The van der Waals surface area contributed by atoms with Crippen LogP contribution in [0.1, 0.15) is 11.1 Å². The van der Waals surface area contributed by atoms with E-state index in [-0.39, 0.29) is 4.90 Å². The molecule has 0 unspecified atom stereocenters. The summed E-state index contributed by atoms with van der Waals surface area (Å²) < 4.78 is 27.5. The average Bonchev–Trinajstić information content (AvgIpc) is 2.51. The summed E-state index contributed by atoms with van der Waals surface area (Å²) in [6, 6.07) is 14.8. The topological polar surface area (TPSA) is 49.7 Å². The fourth-order valence-electron chi connectivity index (χ4n) is 2.23. The van der Waals surface area contributed by atoms with Gasteiger partial charge in [-0.05, 0) is 23.3 Å². The number of fused-ring (bicyclic) bond motifs is 1. The van der Waals surface area contributed by atoms with E-state index in [1.54, 1.807) is 24.3 Å². The highest BCUT2D eigenvalue weighted by Gasteiger charge is 2.24.